The zero-order valence-electron chi connectivity index (χ0n) is 13.7. The molecule has 0 saturated carbocycles. The van der Waals surface area contributed by atoms with Crippen LogP contribution in [-0.4, -0.2) is 12.5 Å². The van der Waals surface area contributed by atoms with Crippen molar-refractivity contribution in [3.05, 3.63) is 72.0 Å². The van der Waals surface area contributed by atoms with Gasteiger partial charge in [-0.2, -0.15) is 0 Å². The fourth-order valence-electron chi connectivity index (χ4n) is 2.76. The van der Waals surface area contributed by atoms with Gasteiger partial charge in [-0.15, -0.1) is 0 Å². The lowest BCUT2D eigenvalue weighted by molar-refractivity contribution is -0.125. The third-order valence-corrected chi connectivity index (χ3v) is 4.28. The lowest BCUT2D eigenvalue weighted by atomic mass is 9.94. The van der Waals surface area contributed by atoms with Crippen molar-refractivity contribution in [2.24, 2.45) is 11.7 Å². The van der Waals surface area contributed by atoms with E-state index in [1.807, 2.05) is 67.6 Å². The van der Waals surface area contributed by atoms with E-state index in [1.165, 1.54) is 0 Å². The summed E-state index contributed by atoms with van der Waals surface area (Å²) < 4.78 is 5.75. The van der Waals surface area contributed by atoms with Gasteiger partial charge >= 0.3 is 0 Å². The van der Waals surface area contributed by atoms with Crippen LogP contribution < -0.4 is 11.1 Å². The maximum Gasteiger partial charge on any atom is 0.224 e. The number of para-hydroxylation sites is 1. The third-order valence-electron chi connectivity index (χ3n) is 4.28. The van der Waals surface area contributed by atoms with Gasteiger partial charge in [-0.1, -0.05) is 55.5 Å². The van der Waals surface area contributed by atoms with Gasteiger partial charge in [0.05, 0.1) is 5.92 Å². The Kier molecular flexibility index (Phi) is 4.96. The first-order valence-corrected chi connectivity index (χ1v) is 8.21. The summed E-state index contributed by atoms with van der Waals surface area (Å²) in [4.78, 5) is 12.3. The number of furan rings is 1. The Morgan fingerprint density at radius 2 is 1.83 bits per heavy atom. The van der Waals surface area contributed by atoms with Gasteiger partial charge < -0.3 is 15.5 Å². The van der Waals surface area contributed by atoms with E-state index in [1.54, 1.807) is 0 Å². The summed E-state index contributed by atoms with van der Waals surface area (Å²) in [6.45, 7) is 2.39. The van der Waals surface area contributed by atoms with Gasteiger partial charge in [-0.3, -0.25) is 4.79 Å². The lowest BCUT2D eigenvalue weighted by Gasteiger charge is -2.19. The van der Waals surface area contributed by atoms with E-state index in [2.05, 4.69) is 5.32 Å². The van der Waals surface area contributed by atoms with Crippen molar-refractivity contribution in [1.29, 1.82) is 0 Å². The highest BCUT2D eigenvalue weighted by Gasteiger charge is 2.21. The molecule has 24 heavy (non-hydrogen) atoms. The van der Waals surface area contributed by atoms with Gasteiger partial charge in [0, 0.05) is 24.4 Å². The first kappa shape index (κ1) is 16.3. The summed E-state index contributed by atoms with van der Waals surface area (Å²) in [6.07, 6.45) is 0.660. The molecule has 124 valence electrons. The Hall–Kier alpha value is -2.59. The highest BCUT2D eigenvalue weighted by atomic mass is 16.3. The third kappa shape index (κ3) is 3.66. The van der Waals surface area contributed by atoms with E-state index in [0.717, 1.165) is 22.3 Å². The first-order chi connectivity index (χ1) is 11.6. The van der Waals surface area contributed by atoms with Crippen molar-refractivity contribution in [3.63, 3.8) is 0 Å². The summed E-state index contributed by atoms with van der Waals surface area (Å²) in [5.74, 6) is 0.544. The zero-order valence-corrected chi connectivity index (χ0v) is 13.7. The molecule has 0 aliphatic heterocycles. The maximum absolute atomic E-state index is 12.3. The molecule has 0 aliphatic rings. The number of rotatable bonds is 6. The Morgan fingerprint density at radius 3 is 2.58 bits per heavy atom. The Labute approximate surface area is 141 Å². The van der Waals surface area contributed by atoms with Crippen LogP contribution >= 0.6 is 0 Å². The maximum atomic E-state index is 12.3. The number of hydrogen-bond acceptors (Lipinski definition) is 3. The topological polar surface area (TPSA) is 68.3 Å². The quantitative estimate of drug-likeness (QED) is 0.730. The van der Waals surface area contributed by atoms with Crippen molar-refractivity contribution in [2.75, 3.05) is 6.54 Å². The Balaban J connectivity index is 1.53. The predicted molar refractivity (Wildman–Crippen MR) is 95.5 cm³/mol. The molecule has 1 aromatic heterocycles. The molecule has 0 radical (unpaired) electrons. The second-order valence-corrected chi connectivity index (χ2v) is 6.02. The van der Waals surface area contributed by atoms with Gasteiger partial charge in [-0.25, -0.2) is 0 Å². The standard InChI is InChI=1S/C20H22N2O2/c1-14(19(21)15-7-3-2-4-8-15)20(23)22-12-11-17-13-16-9-5-6-10-18(16)24-17/h2-10,13-14,19H,11-12,21H2,1H3,(H,22,23). The molecule has 3 rings (SSSR count). The largest absolute Gasteiger partial charge is 0.461 e. The molecule has 1 amide bonds. The Bertz CT molecular complexity index is 778. The van der Waals surface area contributed by atoms with Gasteiger partial charge in [0.1, 0.15) is 11.3 Å². The molecule has 0 spiro atoms. The zero-order chi connectivity index (χ0) is 16.9. The fraction of sp³-hybridized carbons (Fsp3) is 0.250. The van der Waals surface area contributed by atoms with Crippen LogP contribution in [0.3, 0.4) is 0 Å². The second-order valence-electron chi connectivity index (χ2n) is 6.02. The highest BCUT2D eigenvalue weighted by molar-refractivity contribution is 5.79. The van der Waals surface area contributed by atoms with Crippen LogP contribution in [0.4, 0.5) is 0 Å². The van der Waals surface area contributed by atoms with Crippen LogP contribution in [0.1, 0.15) is 24.3 Å². The summed E-state index contributed by atoms with van der Waals surface area (Å²) in [5.41, 5.74) is 8.04. The summed E-state index contributed by atoms with van der Waals surface area (Å²) in [5, 5.41) is 4.03. The lowest BCUT2D eigenvalue weighted by Crippen LogP contribution is -2.36. The van der Waals surface area contributed by atoms with E-state index >= 15 is 0 Å². The minimum absolute atomic E-state index is 0.0394. The molecule has 2 unspecified atom stereocenters. The normalized spacial score (nSPS) is 13.6. The van der Waals surface area contributed by atoms with Crippen molar-refractivity contribution in [3.8, 4) is 0 Å². The van der Waals surface area contributed by atoms with Crippen LogP contribution in [0.15, 0.2) is 65.1 Å². The number of carbonyl (C=O) groups is 1. The number of nitrogens with two attached hydrogens (primary N) is 1. The number of amides is 1. The molecule has 2 aromatic carbocycles. The molecule has 0 bridgehead atoms. The molecule has 4 nitrogen and oxygen atoms in total. The van der Waals surface area contributed by atoms with E-state index in [4.69, 9.17) is 10.2 Å². The monoisotopic (exact) mass is 322 g/mol. The number of carbonyl (C=O) groups excluding carboxylic acids is 1. The number of hydrogen-bond donors (Lipinski definition) is 2. The predicted octanol–water partition coefficient (Wildman–Crippen LogP) is 3.43. The minimum atomic E-state index is -0.308. The van der Waals surface area contributed by atoms with Crippen LogP contribution in [0.25, 0.3) is 11.0 Å². The SMILES string of the molecule is CC(C(=O)NCCc1cc2ccccc2o1)C(N)c1ccccc1. The van der Waals surface area contributed by atoms with Gasteiger partial charge in [0.2, 0.25) is 5.91 Å². The smallest absolute Gasteiger partial charge is 0.224 e. The number of nitrogens with one attached hydrogen (secondary N) is 1. The molecule has 2 atom stereocenters. The van der Waals surface area contributed by atoms with Gasteiger partial charge in [0.25, 0.3) is 0 Å². The molecule has 0 aliphatic carbocycles. The van der Waals surface area contributed by atoms with Crippen molar-refractivity contribution in [1.82, 2.24) is 5.32 Å². The van der Waals surface area contributed by atoms with Crippen molar-refractivity contribution in [2.45, 2.75) is 19.4 Å². The van der Waals surface area contributed by atoms with Gasteiger partial charge in [0.15, 0.2) is 0 Å². The van der Waals surface area contributed by atoms with Gasteiger partial charge in [-0.05, 0) is 17.7 Å². The molecule has 0 fully saturated rings. The molecule has 3 N–H and O–H groups in total. The molecule has 3 aromatic rings. The highest BCUT2D eigenvalue weighted by Crippen LogP contribution is 2.20. The van der Waals surface area contributed by atoms with E-state index in [-0.39, 0.29) is 17.9 Å². The Morgan fingerprint density at radius 1 is 1.12 bits per heavy atom. The molecule has 1 heterocycles. The van der Waals surface area contributed by atoms with Crippen molar-refractivity contribution < 1.29 is 9.21 Å². The van der Waals surface area contributed by atoms with Crippen LogP contribution in [0.5, 0.6) is 0 Å². The van der Waals surface area contributed by atoms with Crippen LogP contribution in [0.2, 0.25) is 0 Å². The van der Waals surface area contributed by atoms with Crippen LogP contribution in [0, 0.1) is 5.92 Å². The molecular weight excluding hydrogens is 300 g/mol. The molecule has 0 saturated heterocycles. The van der Waals surface area contributed by atoms with Crippen molar-refractivity contribution >= 4 is 16.9 Å². The second kappa shape index (κ2) is 7.32. The fourth-order valence-corrected chi connectivity index (χ4v) is 2.76. The first-order valence-electron chi connectivity index (χ1n) is 8.21. The summed E-state index contributed by atoms with van der Waals surface area (Å²) in [6, 6.07) is 19.3. The number of fused-ring (bicyclic) bond motifs is 1. The van der Waals surface area contributed by atoms with E-state index in [0.29, 0.717) is 13.0 Å². The van der Waals surface area contributed by atoms with E-state index in [9.17, 15) is 4.79 Å². The van der Waals surface area contributed by atoms with Crippen LogP contribution in [-0.2, 0) is 11.2 Å². The minimum Gasteiger partial charge on any atom is -0.461 e. The molecular formula is C20H22N2O2. The number of benzene rings is 2. The molecule has 4 heteroatoms. The van der Waals surface area contributed by atoms with E-state index < -0.39 is 0 Å². The summed E-state index contributed by atoms with van der Waals surface area (Å²) >= 11 is 0. The average Bonchev–Trinajstić information content (AvgIpc) is 3.03. The summed E-state index contributed by atoms with van der Waals surface area (Å²) in [7, 11) is 0. The average molecular weight is 322 g/mol.